The Morgan fingerprint density at radius 3 is 1.74 bits per heavy atom. The van der Waals surface area contributed by atoms with Crippen molar-refractivity contribution >= 4 is 23.8 Å². The third-order valence-electron chi connectivity index (χ3n) is 5.59. The van der Waals surface area contributed by atoms with Gasteiger partial charge in [-0.3, -0.25) is 10.1 Å². The largest absolute Gasteiger partial charge is 0.494 e. The Morgan fingerprint density at radius 1 is 0.800 bits per heavy atom. The summed E-state index contributed by atoms with van der Waals surface area (Å²) in [6, 6.07) is 14.4. The first-order chi connectivity index (χ1) is 17.0. The zero-order chi connectivity index (χ0) is 25.3. The Hall–Kier alpha value is -3.41. The fourth-order valence-corrected chi connectivity index (χ4v) is 3.49. The molecule has 0 atom stereocenters. The number of non-ortho nitro benzene ring substituents is 1. The number of rotatable bonds is 17. The van der Waals surface area contributed by atoms with Gasteiger partial charge in [0.15, 0.2) is 0 Å². The molecule has 0 unspecified atom stereocenters. The van der Waals surface area contributed by atoms with Gasteiger partial charge in [0.05, 0.1) is 18.1 Å². The van der Waals surface area contributed by atoms with Crippen LogP contribution in [0.4, 0.5) is 5.69 Å². The van der Waals surface area contributed by atoms with Crippen molar-refractivity contribution in [1.29, 1.82) is 0 Å². The molecule has 0 aliphatic heterocycles. The Bertz CT molecular complexity index is 948. The fourth-order valence-electron chi connectivity index (χ4n) is 3.49. The number of carbonyl (C=O) groups is 1. The monoisotopic (exact) mass is 479 g/mol. The van der Waals surface area contributed by atoms with Gasteiger partial charge >= 0.3 is 5.97 Å². The van der Waals surface area contributed by atoms with Crippen LogP contribution in [0.15, 0.2) is 60.7 Å². The van der Waals surface area contributed by atoms with Gasteiger partial charge in [0, 0.05) is 17.7 Å². The number of esters is 1. The Labute approximate surface area is 208 Å². The van der Waals surface area contributed by atoms with Gasteiger partial charge in [-0.05, 0) is 55.2 Å². The van der Waals surface area contributed by atoms with Crippen LogP contribution in [-0.4, -0.2) is 24.1 Å². The standard InChI is InChI=1S/C29H37NO5/c1-24(2)29(31)35-23-11-9-7-5-3-4-6-8-10-22-34-28-20-16-26(17-21-28)13-12-25-14-18-27(19-15-25)30(32)33/h12-21H,1,3-11,22-23H2,2H3. The van der Waals surface area contributed by atoms with Crippen molar-refractivity contribution in [2.24, 2.45) is 0 Å². The summed E-state index contributed by atoms with van der Waals surface area (Å²) in [7, 11) is 0. The van der Waals surface area contributed by atoms with Crippen molar-refractivity contribution in [2.45, 2.75) is 64.7 Å². The summed E-state index contributed by atoms with van der Waals surface area (Å²) in [5, 5.41) is 10.7. The van der Waals surface area contributed by atoms with E-state index in [2.05, 4.69) is 6.58 Å². The highest BCUT2D eigenvalue weighted by molar-refractivity contribution is 5.86. The number of hydrogen-bond donors (Lipinski definition) is 0. The van der Waals surface area contributed by atoms with Crippen molar-refractivity contribution < 1.29 is 19.2 Å². The Kier molecular flexibility index (Phi) is 12.9. The molecule has 0 spiro atoms. The van der Waals surface area contributed by atoms with Crippen LogP contribution in [0.5, 0.6) is 5.75 Å². The second kappa shape index (κ2) is 16.3. The van der Waals surface area contributed by atoms with Gasteiger partial charge in [0.2, 0.25) is 0 Å². The zero-order valence-corrected chi connectivity index (χ0v) is 20.7. The van der Waals surface area contributed by atoms with Crippen LogP contribution in [-0.2, 0) is 9.53 Å². The lowest BCUT2D eigenvalue weighted by atomic mass is 10.1. The van der Waals surface area contributed by atoms with E-state index in [1.165, 1.54) is 50.7 Å². The molecule has 0 aromatic heterocycles. The molecule has 0 saturated heterocycles. The Morgan fingerprint density at radius 2 is 1.26 bits per heavy atom. The molecule has 6 heteroatoms. The van der Waals surface area contributed by atoms with Crippen LogP contribution >= 0.6 is 0 Å². The molecule has 0 saturated carbocycles. The maximum atomic E-state index is 11.3. The quantitative estimate of drug-likeness (QED) is 0.0578. The number of unbranched alkanes of at least 4 members (excludes halogenated alkanes) is 8. The molecule has 0 N–H and O–H groups in total. The highest BCUT2D eigenvalue weighted by atomic mass is 16.6. The highest BCUT2D eigenvalue weighted by Crippen LogP contribution is 2.17. The van der Waals surface area contributed by atoms with E-state index < -0.39 is 4.92 Å². The molecule has 0 aliphatic carbocycles. The van der Waals surface area contributed by atoms with E-state index in [-0.39, 0.29) is 11.7 Å². The lowest BCUT2D eigenvalue weighted by Gasteiger charge is -2.07. The minimum atomic E-state index is -0.397. The second-order valence-corrected chi connectivity index (χ2v) is 8.70. The minimum Gasteiger partial charge on any atom is -0.494 e. The van der Waals surface area contributed by atoms with Crippen molar-refractivity contribution in [3.63, 3.8) is 0 Å². The van der Waals surface area contributed by atoms with Gasteiger partial charge < -0.3 is 9.47 Å². The molecule has 2 aromatic rings. The van der Waals surface area contributed by atoms with Crippen LogP contribution < -0.4 is 4.74 Å². The topological polar surface area (TPSA) is 78.7 Å². The summed E-state index contributed by atoms with van der Waals surface area (Å²) in [6.07, 6.45) is 14.3. The van der Waals surface area contributed by atoms with Crippen molar-refractivity contribution in [3.05, 3.63) is 81.9 Å². The lowest BCUT2D eigenvalue weighted by molar-refractivity contribution is -0.384. The van der Waals surface area contributed by atoms with Crippen LogP contribution in [0.3, 0.4) is 0 Å². The molecule has 0 amide bonds. The Balaban J connectivity index is 1.48. The van der Waals surface area contributed by atoms with Gasteiger partial charge in [-0.15, -0.1) is 0 Å². The molecule has 2 aromatic carbocycles. The molecule has 6 nitrogen and oxygen atoms in total. The second-order valence-electron chi connectivity index (χ2n) is 8.70. The fraction of sp³-hybridized carbons (Fsp3) is 0.414. The number of ether oxygens (including phenoxy) is 2. The number of nitro benzene ring substituents is 1. The summed E-state index contributed by atoms with van der Waals surface area (Å²) in [5.41, 5.74) is 2.51. The first kappa shape index (κ1) is 27.8. The molecule has 0 aliphatic rings. The number of nitro groups is 1. The number of carbonyl (C=O) groups excluding carboxylic acids is 1. The summed E-state index contributed by atoms with van der Waals surface area (Å²) in [6.45, 7) is 6.45. The van der Waals surface area contributed by atoms with Gasteiger partial charge in [-0.2, -0.15) is 0 Å². The van der Waals surface area contributed by atoms with E-state index in [0.717, 1.165) is 42.7 Å². The van der Waals surface area contributed by atoms with E-state index in [0.29, 0.717) is 12.2 Å². The summed E-state index contributed by atoms with van der Waals surface area (Å²) >= 11 is 0. The third-order valence-corrected chi connectivity index (χ3v) is 5.59. The first-order valence-corrected chi connectivity index (χ1v) is 12.4. The number of benzene rings is 2. The van der Waals surface area contributed by atoms with Crippen LogP contribution in [0.1, 0.15) is 75.8 Å². The lowest BCUT2D eigenvalue weighted by Crippen LogP contribution is -2.05. The highest BCUT2D eigenvalue weighted by Gasteiger charge is 2.03. The zero-order valence-electron chi connectivity index (χ0n) is 20.7. The molecule has 0 bridgehead atoms. The maximum Gasteiger partial charge on any atom is 0.333 e. The number of hydrogen-bond acceptors (Lipinski definition) is 5. The van der Waals surface area contributed by atoms with E-state index in [4.69, 9.17) is 9.47 Å². The SMILES string of the molecule is C=C(C)C(=O)OCCCCCCCCCCCOc1ccc(C=Cc2ccc([N+](=O)[O-])cc2)cc1. The van der Waals surface area contributed by atoms with Crippen LogP contribution in [0, 0.1) is 10.1 Å². The number of nitrogens with zero attached hydrogens (tertiary/aromatic N) is 1. The predicted molar refractivity (Wildman–Crippen MR) is 141 cm³/mol. The van der Waals surface area contributed by atoms with Crippen molar-refractivity contribution in [2.75, 3.05) is 13.2 Å². The van der Waals surface area contributed by atoms with Crippen LogP contribution in [0.25, 0.3) is 12.2 Å². The molecule has 0 radical (unpaired) electrons. The molecule has 35 heavy (non-hydrogen) atoms. The van der Waals surface area contributed by atoms with E-state index >= 15 is 0 Å². The van der Waals surface area contributed by atoms with Gasteiger partial charge in [-0.1, -0.05) is 75.8 Å². The van der Waals surface area contributed by atoms with Gasteiger partial charge in [-0.25, -0.2) is 4.79 Å². The molecule has 188 valence electrons. The van der Waals surface area contributed by atoms with E-state index in [1.807, 2.05) is 36.4 Å². The van der Waals surface area contributed by atoms with E-state index in [1.54, 1.807) is 19.1 Å². The smallest absolute Gasteiger partial charge is 0.333 e. The average molecular weight is 480 g/mol. The normalized spacial score (nSPS) is 10.9. The molecule has 0 heterocycles. The first-order valence-electron chi connectivity index (χ1n) is 12.4. The minimum absolute atomic E-state index is 0.0936. The molecule has 2 rings (SSSR count). The predicted octanol–water partition coefficient (Wildman–Crippen LogP) is 7.77. The average Bonchev–Trinajstić information content (AvgIpc) is 2.86. The molecular formula is C29H37NO5. The van der Waals surface area contributed by atoms with E-state index in [9.17, 15) is 14.9 Å². The molecular weight excluding hydrogens is 442 g/mol. The summed E-state index contributed by atoms with van der Waals surface area (Å²) in [5.74, 6) is 0.575. The summed E-state index contributed by atoms with van der Waals surface area (Å²) in [4.78, 5) is 21.6. The van der Waals surface area contributed by atoms with Crippen molar-refractivity contribution in [1.82, 2.24) is 0 Å². The summed E-state index contributed by atoms with van der Waals surface area (Å²) < 4.78 is 10.9. The molecule has 0 fully saturated rings. The van der Waals surface area contributed by atoms with Crippen molar-refractivity contribution in [3.8, 4) is 5.75 Å². The van der Waals surface area contributed by atoms with Gasteiger partial charge in [0.1, 0.15) is 5.75 Å². The maximum absolute atomic E-state index is 11.3. The third kappa shape index (κ3) is 12.0. The van der Waals surface area contributed by atoms with Gasteiger partial charge in [0.25, 0.3) is 5.69 Å². The van der Waals surface area contributed by atoms with Crippen LogP contribution in [0.2, 0.25) is 0 Å².